The Labute approximate surface area is 114 Å². The van der Waals surface area contributed by atoms with Gasteiger partial charge >= 0.3 is 6.18 Å². The van der Waals surface area contributed by atoms with Crippen molar-refractivity contribution in [2.24, 2.45) is 5.73 Å². The standard InChI is InChI=1S/C13H15F3N2O2/c14-13(15,16)8-20-10-3-1-2-9(6-10)7-18-11(19)12(17)4-5-12/h1-3,6H,4-5,7-8,17H2,(H,18,19). The molecule has 0 radical (unpaired) electrons. The number of alkyl halides is 3. The van der Waals surface area contributed by atoms with E-state index in [1.807, 2.05) is 0 Å². The van der Waals surface area contributed by atoms with E-state index in [9.17, 15) is 18.0 Å². The Balaban J connectivity index is 1.87. The second-order valence-electron chi connectivity index (χ2n) is 4.89. The minimum atomic E-state index is -4.37. The lowest BCUT2D eigenvalue weighted by Crippen LogP contribution is -2.42. The highest BCUT2D eigenvalue weighted by molar-refractivity contribution is 5.88. The molecule has 0 bridgehead atoms. The Morgan fingerprint density at radius 3 is 2.70 bits per heavy atom. The van der Waals surface area contributed by atoms with Gasteiger partial charge in [0.2, 0.25) is 5.91 Å². The largest absolute Gasteiger partial charge is 0.484 e. The summed E-state index contributed by atoms with van der Waals surface area (Å²) in [5.74, 6) is -0.123. The molecule has 0 unspecified atom stereocenters. The normalized spacial score (nSPS) is 16.6. The maximum atomic E-state index is 12.0. The molecule has 0 spiro atoms. The number of ether oxygens (including phenoxy) is 1. The molecule has 110 valence electrons. The SMILES string of the molecule is NC1(C(=O)NCc2cccc(OCC(F)(F)F)c2)CC1. The summed E-state index contributed by atoms with van der Waals surface area (Å²) in [6, 6.07) is 6.16. The van der Waals surface area contributed by atoms with Crippen molar-refractivity contribution in [1.82, 2.24) is 5.32 Å². The molecule has 0 saturated heterocycles. The van der Waals surface area contributed by atoms with Gasteiger partial charge in [-0.3, -0.25) is 4.79 Å². The van der Waals surface area contributed by atoms with Crippen LogP contribution in [0.3, 0.4) is 0 Å². The van der Waals surface area contributed by atoms with Gasteiger partial charge in [-0.25, -0.2) is 0 Å². The summed E-state index contributed by atoms with van der Waals surface area (Å²) in [7, 11) is 0. The van der Waals surface area contributed by atoms with Crippen LogP contribution in [0.5, 0.6) is 5.75 Å². The van der Waals surface area contributed by atoms with Gasteiger partial charge in [-0.2, -0.15) is 13.2 Å². The molecule has 1 saturated carbocycles. The van der Waals surface area contributed by atoms with Crippen LogP contribution in [0.4, 0.5) is 13.2 Å². The lowest BCUT2D eigenvalue weighted by Gasteiger charge is -2.12. The van der Waals surface area contributed by atoms with Crippen LogP contribution < -0.4 is 15.8 Å². The second kappa shape index (κ2) is 5.32. The van der Waals surface area contributed by atoms with Crippen molar-refractivity contribution in [3.63, 3.8) is 0 Å². The van der Waals surface area contributed by atoms with Gasteiger partial charge in [0.15, 0.2) is 6.61 Å². The Kier molecular flexibility index (Phi) is 3.89. The van der Waals surface area contributed by atoms with Gasteiger partial charge in [0, 0.05) is 6.54 Å². The van der Waals surface area contributed by atoms with Crippen molar-refractivity contribution in [2.45, 2.75) is 31.1 Å². The van der Waals surface area contributed by atoms with E-state index >= 15 is 0 Å². The predicted octanol–water partition coefficient (Wildman–Crippen LogP) is 1.74. The topological polar surface area (TPSA) is 64.4 Å². The summed E-state index contributed by atoms with van der Waals surface area (Å²) in [6.07, 6.45) is -3.05. The van der Waals surface area contributed by atoms with Gasteiger partial charge in [0.05, 0.1) is 5.54 Å². The highest BCUT2D eigenvalue weighted by atomic mass is 19.4. The Morgan fingerprint density at radius 1 is 1.40 bits per heavy atom. The summed E-state index contributed by atoms with van der Waals surface area (Å²) in [5.41, 5.74) is 5.61. The second-order valence-corrected chi connectivity index (χ2v) is 4.89. The van der Waals surface area contributed by atoms with Crippen molar-refractivity contribution < 1.29 is 22.7 Å². The van der Waals surface area contributed by atoms with Crippen LogP contribution in [-0.4, -0.2) is 24.2 Å². The number of rotatable bonds is 5. The molecule has 1 fully saturated rings. The fourth-order valence-electron chi connectivity index (χ4n) is 1.63. The lowest BCUT2D eigenvalue weighted by molar-refractivity contribution is -0.153. The summed E-state index contributed by atoms with van der Waals surface area (Å²) in [5, 5.41) is 2.66. The zero-order valence-electron chi connectivity index (χ0n) is 10.7. The van der Waals surface area contributed by atoms with E-state index in [1.54, 1.807) is 12.1 Å². The van der Waals surface area contributed by atoms with Gasteiger partial charge in [-0.05, 0) is 30.5 Å². The van der Waals surface area contributed by atoms with Crippen LogP contribution >= 0.6 is 0 Å². The van der Waals surface area contributed by atoms with Crippen LogP contribution in [0.2, 0.25) is 0 Å². The number of carbonyl (C=O) groups excluding carboxylic acids is 1. The quantitative estimate of drug-likeness (QED) is 0.867. The zero-order valence-corrected chi connectivity index (χ0v) is 10.7. The Hall–Kier alpha value is -1.76. The van der Waals surface area contributed by atoms with E-state index in [-0.39, 0.29) is 18.2 Å². The molecule has 1 aromatic carbocycles. The Bertz CT molecular complexity index is 499. The van der Waals surface area contributed by atoms with Crippen molar-refractivity contribution >= 4 is 5.91 Å². The Morgan fingerprint density at radius 2 is 2.10 bits per heavy atom. The molecule has 0 aliphatic heterocycles. The first-order valence-electron chi connectivity index (χ1n) is 6.14. The molecule has 1 aliphatic rings. The van der Waals surface area contributed by atoms with Gasteiger partial charge in [0.25, 0.3) is 0 Å². The maximum Gasteiger partial charge on any atom is 0.422 e. The van der Waals surface area contributed by atoms with Crippen molar-refractivity contribution in [3.05, 3.63) is 29.8 Å². The third-order valence-corrected chi connectivity index (χ3v) is 2.99. The van der Waals surface area contributed by atoms with Gasteiger partial charge < -0.3 is 15.8 Å². The number of halogens is 3. The third-order valence-electron chi connectivity index (χ3n) is 2.99. The number of nitrogens with two attached hydrogens (primary N) is 1. The molecular weight excluding hydrogens is 273 g/mol. The fraction of sp³-hybridized carbons (Fsp3) is 0.462. The molecule has 20 heavy (non-hydrogen) atoms. The third kappa shape index (κ3) is 4.12. The van der Waals surface area contributed by atoms with Crippen molar-refractivity contribution in [1.29, 1.82) is 0 Å². The molecule has 2 rings (SSSR count). The fourth-order valence-corrected chi connectivity index (χ4v) is 1.63. The molecular formula is C13H15F3N2O2. The molecule has 1 aromatic rings. The first kappa shape index (κ1) is 14.6. The van der Waals surface area contributed by atoms with Gasteiger partial charge in [-0.15, -0.1) is 0 Å². The van der Waals surface area contributed by atoms with E-state index in [1.165, 1.54) is 12.1 Å². The molecule has 1 aliphatic carbocycles. The van der Waals surface area contributed by atoms with Crippen LogP contribution in [0.15, 0.2) is 24.3 Å². The minimum Gasteiger partial charge on any atom is -0.484 e. The maximum absolute atomic E-state index is 12.0. The minimum absolute atomic E-state index is 0.114. The van der Waals surface area contributed by atoms with Gasteiger partial charge in [0.1, 0.15) is 5.75 Å². The van der Waals surface area contributed by atoms with E-state index < -0.39 is 18.3 Å². The lowest BCUT2D eigenvalue weighted by atomic mass is 10.2. The number of amides is 1. The molecule has 4 nitrogen and oxygen atoms in total. The van der Waals surface area contributed by atoms with E-state index in [4.69, 9.17) is 5.73 Å². The summed E-state index contributed by atoms with van der Waals surface area (Å²) < 4.78 is 40.7. The molecule has 3 N–H and O–H groups in total. The number of nitrogens with one attached hydrogen (secondary N) is 1. The van der Waals surface area contributed by atoms with Crippen LogP contribution in [0.1, 0.15) is 18.4 Å². The number of benzene rings is 1. The highest BCUT2D eigenvalue weighted by Crippen LogP contribution is 2.32. The molecule has 0 heterocycles. The van der Waals surface area contributed by atoms with Crippen LogP contribution in [-0.2, 0) is 11.3 Å². The number of carbonyl (C=O) groups is 1. The van der Waals surface area contributed by atoms with Crippen molar-refractivity contribution in [2.75, 3.05) is 6.61 Å². The van der Waals surface area contributed by atoms with Crippen LogP contribution in [0.25, 0.3) is 0 Å². The number of hydrogen-bond acceptors (Lipinski definition) is 3. The zero-order chi connectivity index (χ0) is 14.8. The molecule has 7 heteroatoms. The molecule has 1 amide bonds. The first-order chi connectivity index (χ1) is 9.28. The van der Waals surface area contributed by atoms with Gasteiger partial charge in [-0.1, -0.05) is 12.1 Å². The molecule has 0 atom stereocenters. The molecule has 0 aromatic heterocycles. The smallest absolute Gasteiger partial charge is 0.422 e. The monoisotopic (exact) mass is 288 g/mol. The van der Waals surface area contributed by atoms with Crippen LogP contribution in [0, 0.1) is 0 Å². The summed E-state index contributed by atoms with van der Waals surface area (Å²) in [6.45, 7) is -1.13. The van der Waals surface area contributed by atoms with E-state index in [0.717, 1.165) is 0 Å². The average Bonchev–Trinajstić information content (AvgIpc) is 3.13. The summed E-state index contributed by atoms with van der Waals surface area (Å²) in [4.78, 5) is 11.6. The highest BCUT2D eigenvalue weighted by Gasteiger charge is 2.45. The predicted molar refractivity (Wildman–Crippen MR) is 66.0 cm³/mol. The average molecular weight is 288 g/mol. The summed E-state index contributed by atoms with van der Waals surface area (Å²) >= 11 is 0. The first-order valence-corrected chi connectivity index (χ1v) is 6.14. The van der Waals surface area contributed by atoms with E-state index in [2.05, 4.69) is 10.1 Å². The van der Waals surface area contributed by atoms with Crippen molar-refractivity contribution in [3.8, 4) is 5.75 Å². The number of hydrogen-bond donors (Lipinski definition) is 2. The van der Waals surface area contributed by atoms with E-state index in [0.29, 0.717) is 18.4 Å².